The molecular weight excluding hydrogens is 336 g/mol. The van der Waals surface area contributed by atoms with Gasteiger partial charge in [0.1, 0.15) is 0 Å². The third-order valence-corrected chi connectivity index (χ3v) is 5.68. The summed E-state index contributed by atoms with van der Waals surface area (Å²) in [6.45, 7) is 10.0. The van der Waals surface area contributed by atoms with Crippen molar-refractivity contribution in [3.05, 3.63) is 70.1 Å². The van der Waals surface area contributed by atoms with Crippen LogP contribution in [0.25, 0.3) is 11.0 Å². The van der Waals surface area contributed by atoms with E-state index in [4.69, 9.17) is 0 Å². The fourth-order valence-electron chi connectivity index (χ4n) is 3.88. The standard InChI is InChI=1S/C22H26N4O/c1-17-6-5-9-20(18(17)2)25-13-10-24(11-14-25)12-15-26-21-8-4-3-7-19(21)23-16-22(26)27/h3-9,16H,10-15H2,1-2H3. The first-order valence-electron chi connectivity index (χ1n) is 9.61. The van der Waals surface area contributed by atoms with Gasteiger partial charge in [0.05, 0.1) is 17.2 Å². The lowest BCUT2D eigenvalue weighted by molar-refractivity contribution is 0.248. The zero-order chi connectivity index (χ0) is 18.8. The van der Waals surface area contributed by atoms with Crippen molar-refractivity contribution in [1.82, 2.24) is 14.5 Å². The molecule has 0 N–H and O–H groups in total. The number of benzene rings is 2. The molecule has 1 aliphatic heterocycles. The van der Waals surface area contributed by atoms with E-state index < -0.39 is 0 Å². The largest absolute Gasteiger partial charge is 0.369 e. The summed E-state index contributed by atoms with van der Waals surface area (Å²) in [6.07, 6.45) is 1.43. The Morgan fingerprint density at radius 3 is 2.52 bits per heavy atom. The number of hydrogen-bond acceptors (Lipinski definition) is 4. The van der Waals surface area contributed by atoms with Crippen molar-refractivity contribution in [2.45, 2.75) is 20.4 Å². The van der Waals surface area contributed by atoms with E-state index in [1.165, 1.54) is 23.0 Å². The van der Waals surface area contributed by atoms with Gasteiger partial charge in [-0.1, -0.05) is 24.3 Å². The summed E-state index contributed by atoms with van der Waals surface area (Å²) in [5.74, 6) is 0. The summed E-state index contributed by atoms with van der Waals surface area (Å²) in [4.78, 5) is 21.5. The van der Waals surface area contributed by atoms with Gasteiger partial charge >= 0.3 is 0 Å². The molecule has 0 bridgehead atoms. The minimum absolute atomic E-state index is 0.0253. The summed E-state index contributed by atoms with van der Waals surface area (Å²) in [5.41, 5.74) is 5.84. The summed E-state index contributed by atoms with van der Waals surface area (Å²) >= 11 is 0. The molecule has 2 heterocycles. The number of para-hydroxylation sites is 2. The van der Waals surface area contributed by atoms with Crippen LogP contribution in [0.3, 0.4) is 0 Å². The molecular formula is C22H26N4O. The monoisotopic (exact) mass is 362 g/mol. The van der Waals surface area contributed by atoms with Gasteiger partial charge in [0.2, 0.25) is 0 Å². The van der Waals surface area contributed by atoms with Crippen molar-refractivity contribution in [2.75, 3.05) is 37.6 Å². The Balaban J connectivity index is 1.41. The van der Waals surface area contributed by atoms with Gasteiger partial charge in [-0.25, -0.2) is 4.98 Å². The number of piperazine rings is 1. The Morgan fingerprint density at radius 1 is 0.926 bits per heavy atom. The number of fused-ring (bicyclic) bond motifs is 1. The molecule has 5 heteroatoms. The van der Waals surface area contributed by atoms with E-state index in [0.29, 0.717) is 6.54 Å². The minimum Gasteiger partial charge on any atom is -0.369 e. The van der Waals surface area contributed by atoms with E-state index in [0.717, 1.165) is 43.8 Å². The highest BCUT2D eigenvalue weighted by Crippen LogP contribution is 2.23. The molecule has 2 aromatic carbocycles. The minimum atomic E-state index is -0.0253. The average Bonchev–Trinajstić information content (AvgIpc) is 2.70. The second-order valence-corrected chi connectivity index (χ2v) is 7.28. The Morgan fingerprint density at radius 2 is 1.70 bits per heavy atom. The van der Waals surface area contributed by atoms with Crippen molar-refractivity contribution >= 4 is 16.7 Å². The molecule has 3 aromatic rings. The fraction of sp³-hybridized carbons (Fsp3) is 0.364. The van der Waals surface area contributed by atoms with Gasteiger partial charge in [0, 0.05) is 45.0 Å². The molecule has 1 aromatic heterocycles. The van der Waals surface area contributed by atoms with E-state index in [1.807, 2.05) is 28.8 Å². The molecule has 0 radical (unpaired) electrons. The van der Waals surface area contributed by atoms with E-state index in [2.05, 4.69) is 46.8 Å². The first-order chi connectivity index (χ1) is 13.1. The number of rotatable bonds is 4. The number of nitrogens with zero attached hydrogens (tertiary/aromatic N) is 4. The van der Waals surface area contributed by atoms with Crippen LogP contribution in [0.4, 0.5) is 5.69 Å². The summed E-state index contributed by atoms with van der Waals surface area (Å²) in [7, 11) is 0. The van der Waals surface area contributed by atoms with Crippen LogP contribution in [0.5, 0.6) is 0 Å². The topological polar surface area (TPSA) is 41.4 Å². The van der Waals surface area contributed by atoms with Crippen LogP contribution in [0.15, 0.2) is 53.5 Å². The van der Waals surface area contributed by atoms with Crippen LogP contribution in [-0.2, 0) is 6.54 Å². The molecule has 0 spiro atoms. The van der Waals surface area contributed by atoms with Crippen LogP contribution in [0.1, 0.15) is 11.1 Å². The third-order valence-electron chi connectivity index (χ3n) is 5.68. The lowest BCUT2D eigenvalue weighted by Gasteiger charge is -2.37. The molecule has 0 aliphatic carbocycles. The SMILES string of the molecule is Cc1cccc(N2CCN(CCn3c(=O)cnc4ccccc43)CC2)c1C. The molecule has 0 unspecified atom stereocenters. The van der Waals surface area contributed by atoms with Gasteiger partial charge in [-0.05, 0) is 43.2 Å². The van der Waals surface area contributed by atoms with Gasteiger partial charge in [-0.15, -0.1) is 0 Å². The van der Waals surface area contributed by atoms with Gasteiger partial charge in [0.15, 0.2) is 0 Å². The maximum absolute atomic E-state index is 12.3. The van der Waals surface area contributed by atoms with Crippen LogP contribution in [0, 0.1) is 13.8 Å². The van der Waals surface area contributed by atoms with Crippen molar-refractivity contribution in [2.24, 2.45) is 0 Å². The van der Waals surface area contributed by atoms with Crippen molar-refractivity contribution in [3.63, 3.8) is 0 Å². The predicted octanol–water partition coefficient (Wildman–Crippen LogP) is 2.84. The average molecular weight is 362 g/mol. The van der Waals surface area contributed by atoms with E-state index in [9.17, 15) is 4.79 Å². The van der Waals surface area contributed by atoms with Gasteiger partial charge in [0.25, 0.3) is 5.56 Å². The molecule has 140 valence electrons. The lowest BCUT2D eigenvalue weighted by Crippen LogP contribution is -2.47. The van der Waals surface area contributed by atoms with Gasteiger partial charge in [-0.2, -0.15) is 0 Å². The molecule has 0 atom stereocenters. The lowest BCUT2D eigenvalue weighted by atomic mass is 10.1. The zero-order valence-electron chi connectivity index (χ0n) is 16.1. The normalized spacial score (nSPS) is 15.4. The molecule has 4 rings (SSSR count). The molecule has 1 fully saturated rings. The number of aryl methyl sites for hydroxylation is 1. The molecule has 5 nitrogen and oxygen atoms in total. The quantitative estimate of drug-likeness (QED) is 0.716. The first kappa shape index (κ1) is 17.7. The van der Waals surface area contributed by atoms with E-state index >= 15 is 0 Å². The smallest absolute Gasteiger partial charge is 0.269 e. The second-order valence-electron chi connectivity index (χ2n) is 7.28. The Hall–Kier alpha value is -2.66. The summed E-state index contributed by atoms with van der Waals surface area (Å²) < 4.78 is 1.85. The van der Waals surface area contributed by atoms with Crippen molar-refractivity contribution in [3.8, 4) is 0 Å². The fourth-order valence-corrected chi connectivity index (χ4v) is 3.88. The van der Waals surface area contributed by atoms with Crippen molar-refractivity contribution in [1.29, 1.82) is 0 Å². The predicted molar refractivity (Wildman–Crippen MR) is 111 cm³/mol. The van der Waals surface area contributed by atoms with Gasteiger partial charge < -0.3 is 9.47 Å². The molecule has 1 saturated heterocycles. The highest BCUT2D eigenvalue weighted by Gasteiger charge is 2.19. The molecule has 27 heavy (non-hydrogen) atoms. The van der Waals surface area contributed by atoms with Crippen LogP contribution in [-0.4, -0.2) is 47.2 Å². The molecule has 0 amide bonds. The third kappa shape index (κ3) is 3.60. The number of aromatic nitrogens is 2. The maximum Gasteiger partial charge on any atom is 0.269 e. The first-order valence-corrected chi connectivity index (χ1v) is 9.61. The highest BCUT2D eigenvalue weighted by molar-refractivity contribution is 5.74. The second kappa shape index (κ2) is 7.53. The van der Waals surface area contributed by atoms with Crippen LogP contribution < -0.4 is 10.5 Å². The summed E-state index contributed by atoms with van der Waals surface area (Å²) in [6, 6.07) is 14.4. The zero-order valence-corrected chi connectivity index (χ0v) is 16.1. The van der Waals surface area contributed by atoms with E-state index in [1.54, 1.807) is 0 Å². The van der Waals surface area contributed by atoms with Gasteiger partial charge in [-0.3, -0.25) is 9.69 Å². The highest BCUT2D eigenvalue weighted by atomic mass is 16.1. The number of anilines is 1. The summed E-state index contributed by atoms with van der Waals surface area (Å²) in [5, 5.41) is 0. The molecule has 0 saturated carbocycles. The van der Waals surface area contributed by atoms with E-state index in [-0.39, 0.29) is 5.56 Å². The Kier molecular flexibility index (Phi) is 4.94. The van der Waals surface area contributed by atoms with Crippen molar-refractivity contribution < 1.29 is 0 Å². The molecule has 1 aliphatic rings. The van der Waals surface area contributed by atoms with Crippen LogP contribution >= 0.6 is 0 Å². The maximum atomic E-state index is 12.3. The van der Waals surface area contributed by atoms with Crippen LogP contribution in [0.2, 0.25) is 0 Å². The Labute approximate surface area is 159 Å². The number of hydrogen-bond donors (Lipinski definition) is 0. The Bertz CT molecular complexity index is 1000.